The third kappa shape index (κ3) is 9.38. The summed E-state index contributed by atoms with van der Waals surface area (Å²) in [6.45, 7) is 7.30. The number of amidine groups is 1. The molecule has 31 heavy (non-hydrogen) atoms. The van der Waals surface area contributed by atoms with E-state index in [9.17, 15) is 0 Å². The molecule has 0 unspecified atom stereocenters. The molecular formula is C24H40N4OS2. The Kier molecular flexibility index (Phi) is 10.1. The van der Waals surface area contributed by atoms with Crippen LogP contribution in [0.1, 0.15) is 65.7 Å². The molecule has 174 valence electrons. The predicted molar refractivity (Wildman–Crippen MR) is 140 cm³/mol. The van der Waals surface area contributed by atoms with Crippen LogP contribution in [0.3, 0.4) is 0 Å². The van der Waals surface area contributed by atoms with Crippen molar-refractivity contribution in [1.82, 2.24) is 4.90 Å². The molecule has 3 N–H and O–H groups in total. The quantitative estimate of drug-likeness (QED) is 0.297. The number of likely N-dealkylation sites (N-methyl/N-ethyl adjacent to an activating group) is 1. The lowest BCUT2D eigenvalue weighted by Crippen LogP contribution is -2.43. The normalized spacial score (nSPS) is 17.7. The maximum atomic E-state index is 6.16. The van der Waals surface area contributed by atoms with Gasteiger partial charge in [-0.25, -0.2) is 0 Å². The molecule has 1 fully saturated rings. The summed E-state index contributed by atoms with van der Waals surface area (Å²) in [5.74, 6) is 1.83. The molecular weight excluding hydrogens is 424 g/mol. The Morgan fingerprint density at radius 2 is 1.74 bits per heavy atom. The van der Waals surface area contributed by atoms with Gasteiger partial charge >= 0.3 is 0 Å². The molecule has 0 saturated heterocycles. The highest BCUT2D eigenvalue weighted by molar-refractivity contribution is 8.13. The molecule has 0 radical (unpaired) electrons. The first-order valence-corrected chi connectivity index (χ1v) is 12.7. The highest BCUT2D eigenvalue weighted by Crippen LogP contribution is 2.36. The average Bonchev–Trinajstić information content (AvgIpc) is 2.69. The zero-order chi connectivity index (χ0) is 22.9. The molecule has 0 amide bonds. The van der Waals surface area contributed by atoms with E-state index in [4.69, 9.17) is 22.7 Å². The summed E-state index contributed by atoms with van der Waals surface area (Å²) in [5.41, 5.74) is 7.35. The second kappa shape index (κ2) is 12.1. The average molecular weight is 465 g/mol. The first-order chi connectivity index (χ1) is 14.6. The summed E-state index contributed by atoms with van der Waals surface area (Å²) in [6, 6.07) is 7.76. The van der Waals surface area contributed by atoms with Crippen molar-refractivity contribution in [3.63, 3.8) is 0 Å². The largest absolute Gasteiger partial charge is 0.492 e. The maximum absolute atomic E-state index is 6.16. The van der Waals surface area contributed by atoms with Gasteiger partial charge in [0.05, 0.1) is 0 Å². The fraction of sp³-hybridized carbons (Fsp3) is 0.667. The fourth-order valence-corrected chi connectivity index (χ4v) is 4.67. The van der Waals surface area contributed by atoms with Crippen LogP contribution in [0.15, 0.2) is 29.3 Å². The number of hydrogen-bond donors (Lipinski definition) is 2. The van der Waals surface area contributed by atoms with Gasteiger partial charge in [0.25, 0.3) is 0 Å². The lowest BCUT2D eigenvalue weighted by molar-refractivity contribution is 0.114. The molecule has 0 aromatic heterocycles. The van der Waals surface area contributed by atoms with Crippen LogP contribution in [-0.2, 0) is 0 Å². The van der Waals surface area contributed by atoms with E-state index in [-0.39, 0.29) is 5.54 Å². The van der Waals surface area contributed by atoms with Crippen LogP contribution in [0.5, 0.6) is 5.75 Å². The van der Waals surface area contributed by atoms with Gasteiger partial charge in [-0.1, -0.05) is 50.8 Å². The van der Waals surface area contributed by atoms with E-state index in [0.717, 1.165) is 17.2 Å². The zero-order valence-electron chi connectivity index (χ0n) is 19.9. The van der Waals surface area contributed by atoms with Crippen LogP contribution in [0.2, 0.25) is 0 Å². The smallest absolute Gasteiger partial charge is 0.199 e. The minimum absolute atomic E-state index is 0.0323. The summed E-state index contributed by atoms with van der Waals surface area (Å²) in [5, 5.41) is 4.06. The molecule has 0 aliphatic heterocycles. The van der Waals surface area contributed by atoms with Crippen molar-refractivity contribution < 1.29 is 4.74 Å². The highest BCUT2D eigenvalue weighted by Gasteiger charge is 2.25. The Balaban J connectivity index is 1.81. The second-order valence-corrected chi connectivity index (χ2v) is 11.1. The number of thiocarbonyl (C=S) groups is 1. The van der Waals surface area contributed by atoms with E-state index in [1.807, 2.05) is 24.3 Å². The van der Waals surface area contributed by atoms with Crippen molar-refractivity contribution in [2.24, 2.45) is 16.1 Å². The number of ether oxygens (including phenoxy) is 1. The van der Waals surface area contributed by atoms with Gasteiger partial charge in [-0.15, -0.1) is 0 Å². The highest BCUT2D eigenvalue weighted by atomic mass is 32.2. The molecule has 0 bridgehead atoms. The summed E-state index contributed by atoms with van der Waals surface area (Å²) < 4.78 is 5.92. The minimum atomic E-state index is -0.0323. The Hall–Kier alpha value is -1.31. The Bertz CT molecular complexity index is 724. The Morgan fingerprint density at radius 3 is 2.32 bits per heavy atom. The minimum Gasteiger partial charge on any atom is -0.492 e. The molecule has 2 rings (SSSR count). The fourth-order valence-electron chi connectivity index (χ4n) is 3.46. The molecule has 1 aliphatic carbocycles. The molecule has 0 spiro atoms. The van der Waals surface area contributed by atoms with Crippen molar-refractivity contribution in [3.8, 4) is 5.75 Å². The van der Waals surface area contributed by atoms with Gasteiger partial charge in [-0.05, 0) is 82.7 Å². The van der Waals surface area contributed by atoms with Gasteiger partial charge < -0.3 is 20.7 Å². The van der Waals surface area contributed by atoms with E-state index in [2.05, 4.69) is 50.1 Å². The van der Waals surface area contributed by atoms with Crippen molar-refractivity contribution >= 4 is 39.9 Å². The third-order valence-electron chi connectivity index (χ3n) is 6.25. The number of benzene rings is 1. The van der Waals surface area contributed by atoms with Gasteiger partial charge in [0.2, 0.25) is 0 Å². The van der Waals surface area contributed by atoms with Crippen LogP contribution in [0.25, 0.3) is 0 Å². The number of hydrogen-bond acceptors (Lipinski definition) is 4. The maximum Gasteiger partial charge on any atom is 0.199 e. The molecule has 0 heterocycles. The van der Waals surface area contributed by atoms with Crippen LogP contribution >= 0.6 is 24.0 Å². The Morgan fingerprint density at radius 1 is 1.16 bits per heavy atom. The molecule has 0 atom stereocenters. The van der Waals surface area contributed by atoms with E-state index < -0.39 is 0 Å². The van der Waals surface area contributed by atoms with Crippen molar-refractivity contribution in [1.29, 1.82) is 0 Å². The first kappa shape index (κ1) is 25.9. The van der Waals surface area contributed by atoms with E-state index in [1.165, 1.54) is 44.9 Å². The molecule has 1 aromatic carbocycles. The summed E-state index contributed by atoms with van der Waals surface area (Å²) >= 11 is 7.01. The molecule has 1 aliphatic rings. The van der Waals surface area contributed by atoms with Crippen LogP contribution in [-0.4, -0.2) is 47.2 Å². The van der Waals surface area contributed by atoms with E-state index in [1.54, 1.807) is 11.8 Å². The number of nitrogens with zero attached hydrogens (tertiary/aromatic N) is 2. The van der Waals surface area contributed by atoms with Gasteiger partial charge in [-0.3, -0.25) is 0 Å². The topological polar surface area (TPSA) is 62.9 Å². The zero-order valence-corrected chi connectivity index (χ0v) is 21.5. The number of aliphatic imine (C=N–C) groups is 1. The number of rotatable bonds is 7. The van der Waals surface area contributed by atoms with Crippen molar-refractivity contribution in [3.05, 3.63) is 24.3 Å². The molecule has 7 heteroatoms. The standard InChI is InChI=1S/C24H40N4OS2/c1-23(2,28(4)5)17-29-20-13-11-19(12-14-20)26-22(30)27-21(25)31-18-24(3)15-9-7-6-8-10-16-24/h11-14H,6-10,15-18H2,1-5H3,(H3,25,26,27,30). The SMILES string of the molecule is CN(C)C(C)(C)COc1ccc(NC(=S)/N=C(\N)SCC2(C)CCCCCCC2)cc1. The van der Waals surface area contributed by atoms with Gasteiger partial charge in [-0.2, -0.15) is 4.99 Å². The van der Waals surface area contributed by atoms with Crippen LogP contribution < -0.4 is 15.8 Å². The van der Waals surface area contributed by atoms with Gasteiger partial charge in [0.15, 0.2) is 10.3 Å². The summed E-state index contributed by atoms with van der Waals surface area (Å²) in [6.07, 6.45) is 9.28. The first-order valence-electron chi connectivity index (χ1n) is 11.3. The summed E-state index contributed by atoms with van der Waals surface area (Å²) in [4.78, 5) is 6.53. The number of thioether (sulfide) groups is 1. The Labute approximate surface area is 198 Å². The van der Waals surface area contributed by atoms with E-state index in [0.29, 0.717) is 22.3 Å². The molecule has 1 saturated carbocycles. The number of anilines is 1. The van der Waals surface area contributed by atoms with Crippen LogP contribution in [0, 0.1) is 5.41 Å². The number of nitrogens with two attached hydrogens (primary N) is 1. The molecule has 1 aromatic rings. The van der Waals surface area contributed by atoms with Gasteiger partial charge in [0.1, 0.15) is 12.4 Å². The van der Waals surface area contributed by atoms with Gasteiger partial charge in [0, 0.05) is 17.0 Å². The summed E-state index contributed by atoms with van der Waals surface area (Å²) in [7, 11) is 4.11. The van der Waals surface area contributed by atoms with E-state index >= 15 is 0 Å². The monoisotopic (exact) mass is 464 g/mol. The third-order valence-corrected chi connectivity index (χ3v) is 7.67. The molecule has 5 nitrogen and oxygen atoms in total. The predicted octanol–water partition coefficient (Wildman–Crippen LogP) is 5.90. The second-order valence-electron chi connectivity index (χ2n) is 9.77. The lowest BCUT2D eigenvalue weighted by Gasteiger charge is -2.32. The van der Waals surface area contributed by atoms with Crippen molar-refractivity contribution in [2.75, 3.05) is 31.8 Å². The number of nitrogens with one attached hydrogen (secondary N) is 1. The lowest BCUT2D eigenvalue weighted by atomic mass is 9.79. The van der Waals surface area contributed by atoms with Crippen LogP contribution in [0.4, 0.5) is 5.69 Å². The van der Waals surface area contributed by atoms with Crippen molar-refractivity contribution in [2.45, 2.75) is 71.3 Å².